The highest BCUT2D eigenvalue weighted by Gasteiger charge is 1.94. The van der Waals surface area contributed by atoms with E-state index in [4.69, 9.17) is 0 Å². The molecule has 0 heterocycles. The van der Waals surface area contributed by atoms with Gasteiger partial charge in [0, 0.05) is 13.1 Å². The van der Waals surface area contributed by atoms with E-state index in [-0.39, 0.29) is 0 Å². The molecule has 0 fully saturated rings. The summed E-state index contributed by atoms with van der Waals surface area (Å²) in [5.74, 6) is 0. The second-order valence-electron chi connectivity index (χ2n) is 2.13. The molecule has 0 bridgehead atoms. The van der Waals surface area contributed by atoms with E-state index in [1.807, 2.05) is 44.6 Å². The van der Waals surface area contributed by atoms with Crippen molar-refractivity contribution in [3.05, 3.63) is 24.3 Å². The molecular weight excluding hydrogens is 138 g/mol. The lowest BCUT2D eigenvalue weighted by Gasteiger charge is -2.09. The first-order chi connectivity index (χ1) is 5.35. The number of hydrogen-bond donors (Lipinski definition) is 0. The van der Waals surface area contributed by atoms with Crippen molar-refractivity contribution >= 4 is 6.41 Å². The first-order valence-corrected chi connectivity index (χ1v) is 3.70. The quantitative estimate of drug-likeness (QED) is 0.432. The molecule has 2 nitrogen and oxygen atoms in total. The van der Waals surface area contributed by atoms with E-state index < -0.39 is 0 Å². The summed E-state index contributed by atoms with van der Waals surface area (Å²) < 4.78 is 0. The molecule has 0 N–H and O–H groups in total. The monoisotopic (exact) mass is 152 g/mol. The van der Waals surface area contributed by atoms with E-state index in [0.717, 1.165) is 0 Å². The molecule has 11 heavy (non-hydrogen) atoms. The predicted molar refractivity (Wildman–Crippen MR) is 46.9 cm³/mol. The molecule has 0 saturated heterocycles. The maximum Gasteiger partial charge on any atom is 0.312 e. The van der Waals surface area contributed by atoms with Crippen molar-refractivity contribution in [2.45, 2.75) is 13.8 Å². The van der Waals surface area contributed by atoms with Crippen LogP contribution in [0.15, 0.2) is 24.3 Å². The van der Waals surface area contributed by atoms with Gasteiger partial charge < -0.3 is 4.90 Å². The van der Waals surface area contributed by atoms with Gasteiger partial charge in [0.2, 0.25) is 0 Å². The third kappa shape index (κ3) is 5.40. The fourth-order valence-corrected chi connectivity index (χ4v) is 0.614. The van der Waals surface area contributed by atoms with Crippen molar-refractivity contribution in [1.29, 1.82) is 0 Å². The second kappa shape index (κ2) is 7.06. The topological polar surface area (TPSA) is 20.3 Å². The van der Waals surface area contributed by atoms with Crippen LogP contribution in [0.2, 0.25) is 0 Å². The Bertz CT molecular complexity index is 136. The highest BCUT2D eigenvalue weighted by atomic mass is 16.1. The summed E-state index contributed by atoms with van der Waals surface area (Å²) in [5, 5.41) is 0. The molecule has 0 atom stereocenters. The SMILES string of the molecule is C/C=C/CN([C]=O)C/C=C/C. The molecule has 0 unspecified atom stereocenters. The average Bonchev–Trinajstić information content (AvgIpc) is 2.05. The zero-order valence-corrected chi connectivity index (χ0v) is 7.08. The lowest BCUT2D eigenvalue weighted by atomic mass is 10.4. The first kappa shape index (κ1) is 9.95. The summed E-state index contributed by atoms with van der Waals surface area (Å²) in [6, 6.07) is 0. The van der Waals surface area contributed by atoms with E-state index in [1.54, 1.807) is 4.90 Å². The predicted octanol–water partition coefficient (Wildman–Crippen LogP) is 1.51. The standard InChI is InChI=1S/C9H14NO/c1-3-5-7-10(9-11)8-6-4-2/h3-6H,7-8H2,1-2H3/b5-3+,6-4+. The molecular formula is C9H14NO. The van der Waals surface area contributed by atoms with E-state index in [0.29, 0.717) is 13.1 Å². The Morgan fingerprint density at radius 3 is 1.91 bits per heavy atom. The van der Waals surface area contributed by atoms with Gasteiger partial charge in [-0.3, -0.25) is 4.79 Å². The van der Waals surface area contributed by atoms with Gasteiger partial charge in [-0.15, -0.1) is 0 Å². The van der Waals surface area contributed by atoms with Crippen LogP contribution in [0.5, 0.6) is 0 Å². The van der Waals surface area contributed by atoms with Gasteiger partial charge in [-0.1, -0.05) is 24.3 Å². The van der Waals surface area contributed by atoms with Gasteiger partial charge in [-0.05, 0) is 13.8 Å². The number of nitrogens with zero attached hydrogens (tertiary/aromatic N) is 1. The first-order valence-electron chi connectivity index (χ1n) is 3.70. The Morgan fingerprint density at radius 1 is 1.18 bits per heavy atom. The van der Waals surface area contributed by atoms with Gasteiger partial charge in [0.15, 0.2) is 0 Å². The van der Waals surface area contributed by atoms with Crippen LogP contribution >= 0.6 is 0 Å². The van der Waals surface area contributed by atoms with Crippen LogP contribution < -0.4 is 0 Å². The highest BCUT2D eigenvalue weighted by Crippen LogP contribution is 1.85. The van der Waals surface area contributed by atoms with E-state index >= 15 is 0 Å². The summed E-state index contributed by atoms with van der Waals surface area (Å²) >= 11 is 0. The lowest BCUT2D eigenvalue weighted by molar-refractivity contribution is 0.437. The Morgan fingerprint density at radius 2 is 1.64 bits per heavy atom. The van der Waals surface area contributed by atoms with Crippen LogP contribution in [0, 0.1) is 0 Å². The summed E-state index contributed by atoms with van der Waals surface area (Å²) in [4.78, 5) is 11.8. The molecule has 0 rings (SSSR count). The molecule has 2 heteroatoms. The van der Waals surface area contributed by atoms with Gasteiger partial charge in [-0.2, -0.15) is 0 Å². The fourth-order valence-electron chi connectivity index (χ4n) is 0.614. The molecule has 0 aromatic heterocycles. The molecule has 1 amide bonds. The van der Waals surface area contributed by atoms with Gasteiger partial charge >= 0.3 is 6.41 Å². The third-order valence-corrected chi connectivity index (χ3v) is 1.25. The summed E-state index contributed by atoms with van der Waals surface area (Å²) in [7, 11) is 0. The van der Waals surface area contributed by atoms with Crippen molar-refractivity contribution in [2.24, 2.45) is 0 Å². The second-order valence-corrected chi connectivity index (χ2v) is 2.13. The number of carbonyl (C=O) groups excluding carboxylic acids is 1. The summed E-state index contributed by atoms with van der Waals surface area (Å²) in [6.07, 6.45) is 9.54. The fraction of sp³-hybridized carbons (Fsp3) is 0.444. The van der Waals surface area contributed by atoms with Crippen molar-refractivity contribution < 1.29 is 4.79 Å². The van der Waals surface area contributed by atoms with Gasteiger partial charge in [0.1, 0.15) is 0 Å². The minimum atomic E-state index is 0.643. The number of allylic oxidation sites excluding steroid dienone is 2. The smallest absolute Gasteiger partial charge is 0.312 e. The van der Waals surface area contributed by atoms with Crippen molar-refractivity contribution in [3.63, 3.8) is 0 Å². The lowest BCUT2D eigenvalue weighted by Crippen LogP contribution is -2.21. The Kier molecular flexibility index (Phi) is 6.39. The van der Waals surface area contributed by atoms with Crippen molar-refractivity contribution in [3.8, 4) is 0 Å². The zero-order chi connectivity index (χ0) is 8.53. The Labute approximate surface area is 68.2 Å². The maximum absolute atomic E-state index is 10.2. The molecule has 0 aromatic carbocycles. The van der Waals surface area contributed by atoms with Crippen LogP contribution in [0.1, 0.15) is 13.8 Å². The Hall–Kier alpha value is -1.05. The Balaban J connectivity index is 3.66. The minimum absolute atomic E-state index is 0.643. The molecule has 0 aromatic rings. The molecule has 0 aliphatic heterocycles. The normalized spacial score (nSPS) is 11.1. The van der Waals surface area contributed by atoms with Crippen molar-refractivity contribution in [2.75, 3.05) is 13.1 Å². The minimum Gasteiger partial charge on any atom is -0.327 e. The number of amides is 1. The number of hydrogen-bond acceptors (Lipinski definition) is 1. The molecule has 0 spiro atoms. The molecule has 0 aliphatic rings. The molecule has 0 saturated carbocycles. The van der Waals surface area contributed by atoms with Gasteiger partial charge in [0.05, 0.1) is 0 Å². The van der Waals surface area contributed by atoms with Crippen molar-refractivity contribution in [1.82, 2.24) is 4.90 Å². The zero-order valence-electron chi connectivity index (χ0n) is 7.08. The molecule has 0 aliphatic carbocycles. The van der Waals surface area contributed by atoms with E-state index in [2.05, 4.69) is 0 Å². The molecule has 61 valence electrons. The number of rotatable bonds is 5. The largest absolute Gasteiger partial charge is 0.327 e. The molecule has 1 radical (unpaired) electrons. The average molecular weight is 152 g/mol. The van der Waals surface area contributed by atoms with Crippen LogP contribution in [-0.2, 0) is 4.79 Å². The van der Waals surface area contributed by atoms with Gasteiger partial charge in [0.25, 0.3) is 0 Å². The highest BCUT2D eigenvalue weighted by molar-refractivity contribution is 5.48. The maximum atomic E-state index is 10.2. The summed E-state index contributed by atoms with van der Waals surface area (Å²) in [6.45, 7) is 5.14. The third-order valence-electron chi connectivity index (χ3n) is 1.25. The van der Waals surface area contributed by atoms with Crippen LogP contribution in [0.3, 0.4) is 0 Å². The van der Waals surface area contributed by atoms with Crippen LogP contribution in [-0.4, -0.2) is 24.4 Å². The van der Waals surface area contributed by atoms with Crippen LogP contribution in [0.25, 0.3) is 0 Å². The van der Waals surface area contributed by atoms with Crippen LogP contribution in [0.4, 0.5) is 0 Å². The summed E-state index contributed by atoms with van der Waals surface area (Å²) in [5.41, 5.74) is 0. The van der Waals surface area contributed by atoms with E-state index in [1.165, 1.54) is 0 Å². The van der Waals surface area contributed by atoms with Gasteiger partial charge in [-0.25, -0.2) is 0 Å². The van der Waals surface area contributed by atoms with E-state index in [9.17, 15) is 4.79 Å².